The number of sulfonamides is 1. The second-order valence-corrected chi connectivity index (χ2v) is 6.19. The standard InChI is InChI=1S/C11H18N2O3S/c1-2-13(8-9-3-4-9)17(14,15)11-6-5-10(7-12)16-11/h5-6,9H,2-4,7-8,12H2,1H3. The Kier molecular flexibility index (Phi) is 3.56. The molecule has 1 aromatic heterocycles. The number of rotatable bonds is 6. The molecule has 1 aromatic rings. The topological polar surface area (TPSA) is 76.5 Å². The molecule has 6 heteroatoms. The predicted molar refractivity (Wildman–Crippen MR) is 63.8 cm³/mol. The summed E-state index contributed by atoms with van der Waals surface area (Å²) in [5, 5.41) is 0.000417. The Morgan fingerprint density at radius 2 is 2.18 bits per heavy atom. The van der Waals surface area contributed by atoms with Crippen molar-refractivity contribution < 1.29 is 12.8 Å². The molecule has 0 bridgehead atoms. The fraction of sp³-hybridized carbons (Fsp3) is 0.636. The van der Waals surface area contributed by atoms with Crippen LogP contribution in [0.3, 0.4) is 0 Å². The lowest BCUT2D eigenvalue weighted by molar-refractivity contribution is 0.368. The van der Waals surface area contributed by atoms with Crippen molar-refractivity contribution >= 4 is 10.0 Å². The van der Waals surface area contributed by atoms with Gasteiger partial charge in [-0.05, 0) is 30.9 Å². The van der Waals surface area contributed by atoms with Crippen molar-refractivity contribution in [2.75, 3.05) is 13.1 Å². The van der Waals surface area contributed by atoms with Crippen LogP contribution in [-0.4, -0.2) is 25.8 Å². The van der Waals surface area contributed by atoms with E-state index in [9.17, 15) is 8.42 Å². The zero-order chi connectivity index (χ0) is 12.5. The number of nitrogens with zero attached hydrogens (tertiary/aromatic N) is 1. The van der Waals surface area contributed by atoms with Crippen LogP contribution in [0.5, 0.6) is 0 Å². The first-order chi connectivity index (χ1) is 8.07. The van der Waals surface area contributed by atoms with Crippen LogP contribution in [0.1, 0.15) is 25.5 Å². The van der Waals surface area contributed by atoms with Gasteiger partial charge < -0.3 is 10.2 Å². The molecule has 17 heavy (non-hydrogen) atoms. The fourth-order valence-corrected chi connectivity index (χ4v) is 3.17. The largest absolute Gasteiger partial charge is 0.447 e. The highest BCUT2D eigenvalue weighted by atomic mass is 32.2. The highest BCUT2D eigenvalue weighted by molar-refractivity contribution is 7.89. The Hall–Kier alpha value is -0.850. The Bertz CT molecular complexity index is 477. The molecule has 0 atom stereocenters. The molecule has 1 aliphatic rings. The van der Waals surface area contributed by atoms with Gasteiger partial charge in [0.2, 0.25) is 5.09 Å². The molecule has 2 rings (SSSR count). The summed E-state index contributed by atoms with van der Waals surface area (Å²) in [7, 11) is -3.48. The maximum atomic E-state index is 12.2. The molecule has 0 radical (unpaired) electrons. The molecule has 5 nitrogen and oxygen atoms in total. The van der Waals surface area contributed by atoms with E-state index in [4.69, 9.17) is 10.2 Å². The molecule has 0 saturated heterocycles. The summed E-state index contributed by atoms with van der Waals surface area (Å²) in [6, 6.07) is 3.09. The average Bonchev–Trinajstić information content (AvgIpc) is 2.99. The van der Waals surface area contributed by atoms with Crippen LogP contribution in [0.2, 0.25) is 0 Å². The van der Waals surface area contributed by atoms with Gasteiger partial charge in [-0.15, -0.1) is 0 Å². The van der Waals surface area contributed by atoms with Crippen LogP contribution in [-0.2, 0) is 16.6 Å². The van der Waals surface area contributed by atoms with E-state index in [-0.39, 0.29) is 11.6 Å². The van der Waals surface area contributed by atoms with Crippen LogP contribution in [0, 0.1) is 5.92 Å². The van der Waals surface area contributed by atoms with E-state index in [2.05, 4.69) is 0 Å². The first-order valence-corrected chi connectivity index (χ1v) is 7.31. The van der Waals surface area contributed by atoms with E-state index in [1.807, 2.05) is 6.92 Å². The molecule has 1 saturated carbocycles. The van der Waals surface area contributed by atoms with Gasteiger partial charge in [-0.25, -0.2) is 8.42 Å². The van der Waals surface area contributed by atoms with Gasteiger partial charge in [-0.3, -0.25) is 0 Å². The second-order valence-electron chi connectivity index (χ2n) is 4.32. The number of hydrogen-bond donors (Lipinski definition) is 1. The summed E-state index contributed by atoms with van der Waals surface area (Å²) < 4.78 is 31.2. The fourth-order valence-electron chi connectivity index (χ4n) is 1.72. The molecule has 1 aliphatic carbocycles. The Balaban J connectivity index is 2.19. The van der Waals surface area contributed by atoms with Gasteiger partial charge in [0.1, 0.15) is 5.76 Å². The zero-order valence-corrected chi connectivity index (χ0v) is 10.7. The molecule has 0 amide bonds. The van der Waals surface area contributed by atoms with Crippen molar-refractivity contribution in [2.24, 2.45) is 11.7 Å². The second kappa shape index (κ2) is 4.80. The molecular weight excluding hydrogens is 240 g/mol. The maximum Gasteiger partial charge on any atom is 0.276 e. The molecule has 0 spiro atoms. The van der Waals surface area contributed by atoms with E-state index in [1.54, 1.807) is 6.07 Å². The van der Waals surface area contributed by atoms with Gasteiger partial charge in [0.25, 0.3) is 10.0 Å². The van der Waals surface area contributed by atoms with Crippen molar-refractivity contribution in [3.63, 3.8) is 0 Å². The zero-order valence-electron chi connectivity index (χ0n) is 9.93. The van der Waals surface area contributed by atoms with E-state index in [0.29, 0.717) is 24.8 Å². The van der Waals surface area contributed by atoms with Gasteiger partial charge in [0.05, 0.1) is 6.54 Å². The normalized spacial score (nSPS) is 16.6. The van der Waals surface area contributed by atoms with E-state index in [1.165, 1.54) is 10.4 Å². The third-order valence-electron chi connectivity index (χ3n) is 2.94. The van der Waals surface area contributed by atoms with Crippen molar-refractivity contribution in [1.82, 2.24) is 4.31 Å². The summed E-state index contributed by atoms with van der Waals surface area (Å²) in [6.45, 7) is 3.12. The smallest absolute Gasteiger partial charge is 0.276 e. The van der Waals surface area contributed by atoms with Crippen molar-refractivity contribution in [3.05, 3.63) is 17.9 Å². The van der Waals surface area contributed by atoms with Crippen LogP contribution in [0.4, 0.5) is 0 Å². The predicted octanol–water partition coefficient (Wildman–Crippen LogP) is 1.16. The number of furan rings is 1. The lowest BCUT2D eigenvalue weighted by atomic mass is 10.4. The highest BCUT2D eigenvalue weighted by Crippen LogP contribution is 2.31. The minimum absolute atomic E-state index is 0.000417. The Morgan fingerprint density at radius 3 is 2.65 bits per heavy atom. The van der Waals surface area contributed by atoms with E-state index < -0.39 is 10.0 Å². The van der Waals surface area contributed by atoms with Gasteiger partial charge in [0, 0.05) is 13.1 Å². The molecule has 1 fully saturated rings. The highest BCUT2D eigenvalue weighted by Gasteiger charge is 2.32. The van der Waals surface area contributed by atoms with Gasteiger partial charge >= 0.3 is 0 Å². The van der Waals surface area contributed by atoms with Gasteiger partial charge in [-0.1, -0.05) is 6.92 Å². The van der Waals surface area contributed by atoms with Crippen LogP contribution in [0.15, 0.2) is 21.6 Å². The van der Waals surface area contributed by atoms with Gasteiger partial charge in [-0.2, -0.15) is 4.31 Å². The van der Waals surface area contributed by atoms with Crippen LogP contribution < -0.4 is 5.73 Å². The first-order valence-electron chi connectivity index (χ1n) is 5.87. The van der Waals surface area contributed by atoms with Crippen molar-refractivity contribution in [1.29, 1.82) is 0 Å². The number of hydrogen-bond acceptors (Lipinski definition) is 4. The third kappa shape index (κ3) is 2.70. The minimum atomic E-state index is -3.48. The molecule has 0 aliphatic heterocycles. The SMILES string of the molecule is CCN(CC1CC1)S(=O)(=O)c1ccc(CN)o1. The maximum absolute atomic E-state index is 12.2. The molecule has 0 aromatic carbocycles. The first kappa shape index (κ1) is 12.6. The van der Waals surface area contributed by atoms with Crippen molar-refractivity contribution in [3.8, 4) is 0 Å². The third-order valence-corrected chi connectivity index (χ3v) is 4.76. The quantitative estimate of drug-likeness (QED) is 0.830. The Morgan fingerprint density at radius 1 is 1.47 bits per heavy atom. The van der Waals surface area contributed by atoms with E-state index >= 15 is 0 Å². The van der Waals surface area contributed by atoms with Gasteiger partial charge in [0.15, 0.2) is 0 Å². The summed E-state index contributed by atoms with van der Waals surface area (Å²) >= 11 is 0. The van der Waals surface area contributed by atoms with Crippen molar-refractivity contribution in [2.45, 2.75) is 31.4 Å². The van der Waals surface area contributed by atoms with E-state index in [0.717, 1.165) is 12.8 Å². The lowest BCUT2D eigenvalue weighted by Gasteiger charge is -2.18. The summed E-state index contributed by atoms with van der Waals surface area (Å²) in [5.74, 6) is 1.01. The minimum Gasteiger partial charge on any atom is -0.447 e. The lowest BCUT2D eigenvalue weighted by Crippen LogP contribution is -2.32. The molecular formula is C11H18N2O3S. The van der Waals surface area contributed by atoms with Crippen LogP contribution in [0.25, 0.3) is 0 Å². The summed E-state index contributed by atoms with van der Waals surface area (Å²) in [4.78, 5) is 0. The number of nitrogens with two attached hydrogens (primary N) is 1. The molecule has 96 valence electrons. The molecule has 1 heterocycles. The Labute approximate surface area is 102 Å². The van der Waals surface area contributed by atoms with Crippen LogP contribution >= 0.6 is 0 Å². The monoisotopic (exact) mass is 258 g/mol. The molecule has 2 N–H and O–H groups in total. The summed E-state index contributed by atoms with van der Waals surface area (Å²) in [6.07, 6.45) is 2.25. The average molecular weight is 258 g/mol. The molecule has 0 unspecified atom stereocenters. The summed E-state index contributed by atoms with van der Waals surface area (Å²) in [5.41, 5.74) is 5.40.